The van der Waals surface area contributed by atoms with Gasteiger partial charge < -0.3 is 5.73 Å². The van der Waals surface area contributed by atoms with Gasteiger partial charge in [-0.2, -0.15) is 0 Å². The van der Waals surface area contributed by atoms with Crippen LogP contribution in [0.3, 0.4) is 0 Å². The molecule has 1 atom stereocenters. The molecule has 18 heavy (non-hydrogen) atoms. The molecule has 0 saturated heterocycles. The normalized spacial score (nSPS) is 17.7. The SMILES string of the molecule is NCC(NS(=O)(=O)c1ccc(F)cc1Cl)C1CC1. The number of benzene rings is 1. The van der Waals surface area contributed by atoms with E-state index in [4.69, 9.17) is 17.3 Å². The summed E-state index contributed by atoms with van der Waals surface area (Å²) in [7, 11) is -3.75. The van der Waals surface area contributed by atoms with E-state index in [0.717, 1.165) is 31.0 Å². The average molecular weight is 293 g/mol. The van der Waals surface area contributed by atoms with Crippen molar-refractivity contribution in [3.8, 4) is 0 Å². The van der Waals surface area contributed by atoms with Gasteiger partial charge in [0.15, 0.2) is 0 Å². The van der Waals surface area contributed by atoms with Gasteiger partial charge in [0, 0.05) is 12.6 Å². The zero-order chi connectivity index (χ0) is 13.3. The zero-order valence-electron chi connectivity index (χ0n) is 9.57. The van der Waals surface area contributed by atoms with Gasteiger partial charge in [-0.15, -0.1) is 0 Å². The molecule has 4 nitrogen and oxygen atoms in total. The van der Waals surface area contributed by atoms with Gasteiger partial charge in [0.1, 0.15) is 10.7 Å². The first-order chi connectivity index (χ1) is 8.44. The van der Waals surface area contributed by atoms with E-state index in [1.807, 2.05) is 0 Å². The summed E-state index contributed by atoms with van der Waals surface area (Å²) in [4.78, 5) is -0.121. The Bertz CT molecular complexity index is 546. The van der Waals surface area contributed by atoms with E-state index in [1.165, 1.54) is 0 Å². The molecule has 1 saturated carbocycles. The first-order valence-corrected chi connectivity index (χ1v) is 7.47. The van der Waals surface area contributed by atoms with Crippen molar-refractivity contribution < 1.29 is 12.8 Å². The summed E-state index contributed by atoms with van der Waals surface area (Å²) in [5, 5.41) is -0.130. The van der Waals surface area contributed by atoms with Gasteiger partial charge >= 0.3 is 0 Å². The molecule has 0 spiro atoms. The van der Waals surface area contributed by atoms with E-state index < -0.39 is 15.8 Å². The molecule has 1 aliphatic carbocycles. The topological polar surface area (TPSA) is 72.2 Å². The van der Waals surface area contributed by atoms with Crippen molar-refractivity contribution in [1.82, 2.24) is 4.72 Å². The van der Waals surface area contributed by atoms with Gasteiger partial charge in [-0.05, 0) is 37.0 Å². The third-order valence-electron chi connectivity index (χ3n) is 2.93. The molecule has 3 N–H and O–H groups in total. The maximum atomic E-state index is 12.9. The Morgan fingerprint density at radius 2 is 2.17 bits per heavy atom. The third-order valence-corrected chi connectivity index (χ3v) is 4.91. The van der Waals surface area contributed by atoms with Gasteiger partial charge in [0.05, 0.1) is 5.02 Å². The molecule has 0 bridgehead atoms. The molecule has 1 aromatic carbocycles. The second kappa shape index (κ2) is 5.13. The van der Waals surface area contributed by atoms with E-state index >= 15 is 0 Å². The predicted octanol–water partition coefficient (Wildman–Crippen LogP) is 1.49. The number of nitrogens with two attached hydrogens (primary N) is 1. The lowest BCUT2D eigenvalue weighted by molar-refractivity contribution is 0.519. The number of hydrogen-bond donors (Lipinski definition) is 2. The Kier molecular flexibility index (Phi) is 3.91. The van der Waals surface area contributed by atoms with Crippen molar-refractivity contribution in [3.05, 3.63) is 29.0 Å². The van der Waals surface area contributed by atoms with Crippen molar-refractivity contribution >= 4 is 21.6 Å². The van der Waals surface area contributed by atoms with Gasteiger partial charge in [-0.25, -0.2) is 17.5 Å². The van der Waals surface area contributed by atoms with Crippen LogP contribution in [0.2, 0.25) is 5.02 Å². The van der Waals surface area contributed by atoms with E-state index in [1.54, 1.807) is 0 Å². The maximum Gasteiger partial charge on any atom is 0.242 e. The number of sulfonamides is 1. The fourth-order valence-corrected chi connectivity index (χ4v) is 3.64. The van der Waals surface area contributed by atoms with Crippen LogP contribution >= 0.6 is 11.6 Å². The molecule has 1 unspecified atom stereocenters. The molecule has 0 aromatic heterocycles. The quantitative estimate of drug-likeness (QED) is 0.864. The van der Waals surface area contributed by atoms with Crippen LogP contribution < -0.4 is 10.5 Å². The van der Waals surface area contributed by atoms with Gasteiger partial charge in [0.25, 0.3) is 0 Å². The Labute approximate surface area is 110 Å². The molecule has 0 aliphatic heterocycles. The standard InChI is InChI=1S/C11H14ClFN2O2S/c12-9-5-8(13)3-4-11(9)18(16,17)15-10(6-14)7-1-2-7/h3-5,7,10,15H,1-2,6,14H2. The largest absolute Gasteiger partial charge is 0.329 e. The van der Waals surface area contributed by atoms with Crippen LogP contribution in [0.5, 0.6) is 0 Å². The Morgan fingerprint density at radius 1 is 1.50 bits per heavy atom. The monoisotopic (exact) mass is 292 g/mol. The number of nitrogens with one attached hydrogen (secondary N) is 1. The molecule has 1 aromatic rings. The smallest absolute Gasteiger partial charge is 0.242 e. The molecule has 0 radical (unpaired) electrons. The zero-order valence-corrected chi connectivity index (χ0v) is 11.1. The molecule has 7 heteroatoms. The van der Waals surface area contributed by atoms with Crippen molar-refractivity contribution in [2.75, 3.05) is 6.54 Å². The summed E-state index contributed by atoms with van der Waals surface area (Å²) in [5.74, 6) is -0.277. The van der Waals surface area contributed by atoms with Gasteiger partial charge in [-0.1, -0.05) is 11.6 Å². The summed E-state index contributed by atoms with van der Waals surface area (Å²) in [6.45, 7) is 0.239. The predicted molar refractivity (Wildman–Crippen MR) is 67.3 cm³/mol. The van der Waals surface area contributed by atoms with Crippen LogP contribution in [0.4, 0.5) is 4.39 Å². The lowest BCUT2D eigenvalue weighted by atomic mass is 10.2. The highest BCUT2D eigenvalue weighted by Crippen LogP contribution is 2.33. The van der Waals surface area contributed by atoms with Crippen LogP contribution in [0.1, 0.15) is 12.8 Å². The van der Waals surface area contributed by atoms with E-state index in [9.17, 15) is 12.8 Å². The summed E-state index contributed by atoms with van der Waals surface area (Å²) < 4.78 is 39.6. The Balaban J connectivity index is 2.24. The third kappa shape index (κ3) is 3.00. The minimum Gasteiger partial charge on any atom is -0.329 e. The maximum absolute atomic E-state index is 12.9. The molecule has 1 fully saturated rings. The lowest BCUT2D eigenvalue weighted by Gasteiger charge is -2.16. The van der Waals surface area contributed by atoms with Crippen LogP contribution in [0.15, 0.2) is 23.1 Å². The minimum absolute atomic E-state index is 0.121. The van der Waals surface area contributed by atoms with Crippen molar-refractivity contribution in [1.29, 1.82) is 0 Å². The highest BCUT2D eigenvalue weighted by molar-refractivity contribution is 7.89. The fraction of sp³-hybridized carbons (Fsp3) is 0.455. The number of hydrogen-bond acceptors (Lipinski definition) is 3. The van der Waals surface area contributed by atoms with E-state index in [0.29, 0.717) is 5.92 Å². The van der Waals surface area contributed by atoms with Crippen molar-refractivity contribution in [2.45, 2.75) is 23.8 Å². The van der Waals surface area contributed by atoms with Crippen molar-refractivity contribution in [2.24, 2.45) is 11.7 Å². The van der Waals surface area contributed by atoms with Crippen LogP contribution in [-0.4, -0.2) is 21.0 Å². The van der Waals surface area contributed by atoms with Crippen LogP contribution in [-0.2, 0) is 10.0 Å². The van der Waals surface area contributed by atoms with Crippen LogP contribution in [0, 0.1) is 11.7 Å². The Morgan fingerprint density at radius 3 is 2.67 bits per heavy atom. The van der Waals surface area contributed by atoms with Crippen molar-refractivity contribution in [3.63, 3.8) is 0 Å². The molecular weight excluding hydrogens is 279 g/mol. The second-order valence-electron chi connectivity index (χ2n) is 4.38. The molecule has 0 amide bonds. The minimum atomic E-state index is -3.75. The lowest BCUT2D eigenvalue weighted by Crippen LogP contribution is -2.41. The number of rotatable bonds is 5. The highest BCUT2D eigenvalue weighted by Gasteiger charge is 2.33. The number of halogens is 2. The molecule has 0 heterocycles. The first kappa shape index (κ1) is 13.7. The average Bonchev–Trinajstić information content (AvgIpc) is 3.09. The summed E-state index contributed by atoms with van der Waals surface area (Å²) in [6.07, 6.45) is 1.95. The first-order valence-electron chi connectivity index (χ1n) is 5.61. The Hall–Kier alpha value is -0.690. The molecule has 100 valence electrons. The van der Waals surface area contributed by atoms with Gasteiger partial charge in [-0.3, -0.25) is 0 Å². The van der Waals surface area contributed by atoms with Crippen LogP contribution in [0.25, 0.3) is 0 Å². The molecular formula is C11H14ClFN2O2S. The second-order valence-corrected chi connectivity index (χ2v) is 6.47. The van der Waals surface area contributed by atoms with Gasteiger partial charge in [0.2, 0.25) is 10.0 Å². The summed E-state index contributed by atoms with van der Waals surface area (Å²) >= 11 is 5.75. The molecule has 1 aliphatic rings. The fourth-order valence-electron chi connectivity index (χ4n) is 1.79. The highest BCUT2D eigenvalue weighted by atomic mass is 35.5. The summed E-state index contributed by atoms with van der Waals surface area (Å²) in [5.41, 5.74) is 5.54. The van der Waals surface area contributed by atoms with E-state index in [-0.39, 0.29) is 22.5 Å². The molecule has 2 rings (SSSR count). The van der Waals surface area contributed by atoms with E-state index in [2.05, 4.69) is 4.72 Å². The summed E-state index contributed by atoms with van der Waals surface area (Å²) in [6, 6.07) is 2.91.